The molecule has 0 bridgehead atoms. The van der Waals surface area contributed by atoms with E-state index >= 15 is 0 Å². The van der Waals surface area contributed by atoms with Crippen molar-refractivity contribution in [3.8, 4) is 11.4 Å². The van der Waals surface area contributed by atoms with E-state index < -0.39 is 0 Å². The first-order chi connectivity index (χ1) is 18.5. The molecule has 0 amide bonds. The molecule has 0 aliphatic heterocycles. The molecule has 0 radical (unpaired) electrons. The zero-order valence-electron chi connectivity index (χ0n) is 22.1. The fraction of sp³-hybridized carbons (Fsp3) is 0.267. The van der Waals surface area contributed by atoms with E-state index in [1.54, 1.807) is 6.07 Å². The highest BCUT2D eigenvalue weighted by Crippen LogP contribution is 2.32. The van der Waals surface area contributed by atoms with Crippen molar-refractivity contribution in [3.05, 3.63) is 89.2 Å². The van der Waals surface area contributed by atoms with Gasteiger partial charge in [-0.15, -0.1) is 0 Å². The van der Waals surface area contributed by atoms with E-state index in [0.29, 0.717) is 18.9 Å². The number of carbonyl (C=O) groups is 2. The number of aldehydes is 1. The number of aliphatic hydroxyl groups is 1. The van der Waals surface area contributed by atoms with Crippen LogP contribution in [0, 0.1) is 5.41 Å². The third-order valence-electron chi connectivity index (χ3n) is 6.39. The minimum absolute atomic E-state index is 0.232. The monoisotopic (exact) mass is 516 g/mol. The van der Waals surface area contributed by atoms with Gasteiger partial charge in [-0.25, -0.2) is 4.98 Å². The third-order valence-corrected chi connectivity index (χ3v) is 6.39. The summed E-state index contributed by atoms with van der Waals surface area (Å²) < 4.78 is 2.05. The Kier molecular flexibility index (Phi) is 12.0. The van der Waals surface area contributed by atoms with Crippen LogP contribution in [0.25, 0.3) is 16.7 Å². The second-order valence-electron chi connectivity index (χ2n) is 8.62. The van der Waals surface area contributed by atoms with Crippen LogP contribution in [-0.2, 0) is 22.4 Å². The van der Waals surface area contributed by atoms with Crippen LogP contribution < -0.4 is 5.32 Å². The first kappa shape index (κ1) is 30.1. The molecule has 0 spiro atoms. The number of rotatable bonds is 10. The Bertz CT molecular complexity index is 1320. The summed E-state index contributed by atoms with van der Waals surface area (Å²) in [5.41, 5.74) is 5.02. The minimum atomic E-state index is -0.343. The highest BCUT2D eigenvalue weighted by molar-refractivity contribution is 5.85. The number of aromatic hydroxyl groups is 1. The van der Waals surface area contributed by atoms with E-state index in [2.05, 4.69) is 12.2 Å². The molecular formula is C30H36N4O4. The molecule has 2 atom stereocenters. The number of phenols is 1. The molecule has 1 heterocycles. The Balaban J connectivity index is 0.00000121. The van der Waals surface area contributed by atoms with Crippen molar-refractivity contribution in [2.45, 2.75) is 38.1 Å². The smallest absolute Gasteiger partial charge is 0.127 e. The van der Waals surface area contributed by atoms with Gasteiger partial charge in [0.25, 0.3) is 0 Å². The number of nitrogens with one attached hydrogen (secondary N) is 2. The summed E-state index contributed by atoms with van der Waals surface area (Å²) in [5.74, 6) is 0.630. The van der Waals surface area contributed by atoms with Gasteiger partial charge in [-0.2, -0.15) is 0 Å². The van der Waals surface area contributed by atoms with Crippen LogP contribution in [-0.4, -0.2) is 59.3 Å². The number of aryl methyl sites for hydroxylation is 1. The van der Waals surface area contributed by atoms with Crippen LogP contribution in [0.2, 0.25) is 0 Å². The fourth-order valence-electron chi connectivity index (χ4n) is 4.31. The maximum Gasteiger partial charge on any atom is 0.127 e. The Morgan fingerprint density at radius 3 is 2.42 bits per heavy atom. The lowest BCUT2D eigenvalue weighted by atomic mass is 9.97. The van der Waals surface area contributed by atoms with Crippen molar-refractivity contribution >= 4 is 30.3 Å². The Hall–Kier alpha value is -4.14. The molecule has 8 heteroatoms. The third kappa shape index (κ3) is 7.00. The number of nitrogens with zero attached hydrogens (tertiary/aromatic N) is 2. The fourth-order valence-corrected chi connectivity index (χ4v) is 4.31. The molecule has 38 heavy (non-hydrogen) atoms. The van der Waals surface area contributed by atoms with Gasteiger partial charge in [0, 0.05) is 43.0 Å². The molecule has 200 valence electrons. The highest BCUT2D eigenvalue weighted by Gasteiger charge is 2.21. The minimum Gasteiger partial charge on any atom is -0.508 e. The van der Waals surface area contributed by atoms with Gasteiger partial charge < -0.3 is 30.5 Å². The van der Waals surface area contributed by atoms with Crippen LogP contribution in [0.5, 0.6) is 5.75 Å². The molecule has 4 N–H and O–H groups in total. The van der Waals surface area contributed by atoms with Crippen LogP contribution >= 0.6 is 0 Å². The first-order valence-corrected chi connectivity index (χ1v) is 12.3. The van der Waals surface area contributed by atoms with Crippen LogP contribution in [0.15, 0.2) is 66.7 Å². The Morgan fingerprint density at radius 2 is 1.79 bits per heavy atom. The van der Waals surface area contributed by atoms with Gasteiger partial charge in [0.15, 0.2) is 0 Å². The summed E-state index contributed by atoms with van der Waals surface area (Å²) in [5, 5.41) is 28.6. The maximum atomic E-state index is 12.1. The van der Waals surface area contributed by atoms with E-state index in [4.69, 9.17) is 20.3 Å². The molecule has 0 saturated heterocycles. The van der Waals surface area contributed by atoms with Gasteiger partial charge >= 0.3 is 0 Å². The van der Waals surface area contributed by atoms with Crippen molar-refractivity contribution in [2.24, 2.45) is 0 Å². The summed E-state index contributed by atoms with van der Waals surface area (Å²) >= 11 is 0. The topological polar surface area (TPSA) is 128 Å². The lowest BCUT2D eigenvalue weighted by Gasteiger charge is -2.14. The van der Waals surface area contributed by atoms with E-state index in [9.17, 15) is 9.90 Å². The standard InChI is InChI=1S/C28H30N4O2.CH4O.CH2O/c1-19(30-2)11-12-24-26(34)14-13-25-28(24)31-27(16-22(18-33)21-8-4-3-5-9-21)32(25)23-10-6-7-20(15-23)17-29;2*1-2/h3-10,13-15,17-19,22,29-30,34H,11-12,16H2,1-2H3;2H,1H3;1H2. The summed E-state index contributed by atoms with van der Waals surface area (Å²) in [6.45, 7) is 4.11. The predicted molar refractivity (Wildman–Crippen MR) is 152 cm³/mol. The van der Waals surface area contributed by atoms with Gasteiger partial charge in [0.05, 0.1) is 11.0 Å². The van der Waals surface area contributed by atoms with Gasteiger partial charge in [0.2, 0.25) is 0 Å². The number of imidazole rings is 1. The molecular weight excluding hydrogens is 480 g/mol. The predicted octanol–water partition coefficient (Wildman–Crippen LogP) is 4.22. The zero-order valence-corrected chi connectivity index (χ0v) is 22.1. The largest absolute Gasteiger partial charge is 0.508 e. The van der Waals surface area contributed by atoms with Gasteiger partial charge in [0.1, 0.15) is 24.6 Å². The molecule has 3 aromatic carbocycles. The summed E-state index contributed by atoms with van der Waals surface area (Å²) in [6, 6.07) is 21.3. The van der Waals surface area contributed by atoms with Crippen molar-refractivity contribution in [1.29, 1.82) is 5.41 Å². The average Bonchev–Trinajstić information content (AvgIpc) is 3.35. The van der Waals surface area contributed by atoms with Crippen molar-refractivity contribution in [2.75, 3.05) is 14.2 Å². The average molecular weight is 517 g/mol. The molecule has 8 nitrogen and oxygen atoms in total. The number of hydrogen-bond acceptors (Lipinski definition) is 7. The van der Waals surface area contributed by atoms with Crippen LogP contribution in [0.4, 0.5) is 0 Å². The van der Waals surface area contributed by atoms with E-state index in [1.165, 1.54) is 6.21 Å². The maximum absolute atomic E-state index is 12.1. The quantitative estimate of drug-likeness (QED) is 0.185. The van der Waals surface area contributed by atoms with Crippen LogP contribution in [0.3, 0.4) is 0 Å². The number of aromatic nitrogens is 2. The zero-order chi connectivity index (χ0) is 28.1. The Labute approximate surface area is 223 Å². The molecule has 0 aliphatic rings. The van der Waals surface area contributed by atoms with Gasteiger partial charge in [-0.05, 0) is 62.2 Å². The van der Waals surface area contributed by atoms with E-state index in [0.717, 1.165) is 59.1 Å². The highest BCUT2D eigenvalue weighted by atomic mass is 16.3. The van der Waals surface area contributed by atoms with Gasteiger partial charge in [-0.1, -0.05) is 42.5 Å². The number of aliphatic hydroxyl groups excluding tert-OH is 1. The van der Waals surface area contributed by atoms with E-state index in [-0.39, 0.29) is 11.7 Å². The number of phenolic OH excluding ortho intramolecular Hbond substituents is 1. The van der Waals surface area contributed by atoms with Crippen molar-refractivity contribution in [1.82, 2.24) is 14.9 Å². The second-order valence-corrected chi connectivity index (χ2v) is 8.62. The van der Waals surface area contributed by atoms with Crippen molar-refractivity contribution < 1.29 is 19.8 Å². The molecule has 1 aromatic heterocycles. The van der Waals surface area contributed by atoms with Crippen LogP contribution in [0.1, 0.15) is 41.8 Å². The number of carbonyl (C=O) groups excluding carboxylic acids is 2. The molecule has 2 unspecified atom stereocenters. The molecule has 0 saturated carbocycles. The Morgan fingerprint density at radius 1 is 1.08 bits per heavy atom. The SMILES string of the molecule is C=O.CNC(C)CCc1c(O)ccc2c1nc(CC(C=O)c1ccccc1)n2-c1cccc(C=N)c1.CO. The summed E-state index contributed by atoms with van der Waals surface area (Å²) in [6.07, 6.45) is 4.24. The second kappa shape index (κ2) is 15.2. The van der Waals surface area contributed by atoms with E-state index in [1.807, 2.05) is 79.1 Å². The molecule has 4 aromatic rings. The number of fused-ring (bicyclic) bond motifs is 1. The summed E-state index contributed by atoms with van der Waals surface area (Å²) in [4.78, 5) is 25.1. The number of hydrogen-bond donors (Lipinski definition) is 4. The van der Waals surface area contributed by atoms with Gasteiger partial charge in [-0.3, -0.25) is 4.57 Å². The van der Waals surface area contributed by atoms with Crippen molar-refractivity contribution in [3.63, 3.8) is 0 Å². The lowest BCUT2D eigenvalue weighted by molar-refractivity contribution is -0.109. The molecule has 4 rings (SSSR count). The number of benzene rings is 3. The molecule has 0 aliphatic carbocycles. The molecule has 0 fully saturated rings. The first-order valence-electron chi connectivity index (χ1n) is 12.3. The normalized spacial score (nSPS) is 11.9. The lowest BCUT2D eigenvalue weighted by Crippen LogP contribution is -2.21. The summed E-state index contributed by atoms with van der Waals surface area (Å²) in [7, 11) is 2.93.